The van der Waals surface area contributed by atoms with E-state index < -0.39 is 15.3 Å². The number of carbonyl (C=O) groups excluding carboxylic acids is 1. The average molecular weight is 783 g/mol. The lowest BCUT2D eigenvalue weighted by Crippen LogP contribution is -2.20. The van der Waals surface area contributed by atoms with Crippen molar-refractivity contribution in [3.8, 4) is 11.3 Å². The van der Waals surface area contributed by atoms with E-state index in [-0.39, 0.29) is 17.7 Å². The van der Waals surface area contributed by atoms with E-state index in [9.17, 15) is 14.4 Å². The van der Waals surface area contributed by atoms with Crippen molar-refractivity contribution in [1.82, 2.24) is 22.9 Å². The molecule has 3 aromatic heterocycles. The van der Waals surface area contributed by atoms with Crippen LogP contribution in [0.5, 0.6) is 0 Å². The van der Waals surface area contributed by atoms with Gasteiger partial charge in [0.05, 0.1) is 25.4 Å². The number of nitrogens with zero attached hydrogens (tertiary/aromatic N) is 5. The smallest absolute Gasteiger partial charge is 0.427 e. The zero-order valence-electron chi connectivity index (χ0n) is 23.9. The van der Waals surface area contributed by atoms with Crippen molar-refractivity contribution < 1.29 is 13.7 Å². The third-order valence-electron chi connectivity index (χ3n) is 5.53. The van der Waals surface area contributed by atoms with Crippen molar-refractivity contribution >= 4 is 100 Å². The number of halogens is 4. The maximum atomic E-state index is 11.7. The molecule has 0 atom stereocenters. The number of hydrogen-bond acceptors (Lipinski definition) is 11. The average Bonchev–Trinajstić information content (AvgIpc) is 3.73. The quantitative estimate of drug-likeness (QED) is 0.0995. The maximum absolute atomic E-state index is 11.7. The molecule has 0 saturated carbocycles. The van der Waals surface area contributed by atoms with E-state index in [1.165, 1.54) is 46.7 Å². The van der Waals surface area contributed by atoms with Gasteiger partial charge >= 0.3 is 6.09 Å². The Balaban J connectivity index is 0.000000227. The third kappa shape index (κ3) is 12.7. The SMILES string of the molecule is CCOC(=O)N/N=C(\C)c1cccc(Cn2sc(Cl)cc2=O)c1.O=S(Cl)Cl.O=c1cc(Cl)sn1Cc1cccc(-c2csnn2)c1. The Kier molecular flexibility index (Phi) is 15.6. The molecule has 1 amide bonds. The first-order valence-corrected chi connectivity index (χ1v) is 18.8. The molecule has 0 unspecified atom stereocenters. The van der Waals surface area contributed by atoms with Crippen LogP contribution in [0.25, 0.3) is 11.3 Å². The summed E-state index contributed by atoms with van der Waals surface area (Å²) in [6, 6.07) is 18.3. The van der Waals surface area contributed by atoms with Gasteiger partial charge in [0.15, 0.2) is 0 Å². The minimum absolute atomic E-state index is 0.0734. The standard InChI is InChI=1S/C15H16ClN3O3S.C12H8ClN3OS2.Cl2OS/c1-3-22-15(21)18-17-10(2)12-6-4-5-11(7-12)9-19-14(20)8-13(16)23-19;13-11-5-12(17)16(19-11)6-8-2-1-3-9(4-8)10-7-18-15-14-10;1-4(2)3/h4-8H,3,9H2,1-2H3,(H,18,21);1-5,7H,6H2;/b17-10+;;. The van der Waals surface area contributed by atoms with E-state index in [1.807, 2.05) is 53.9 Å². The highest BCUT2D eigenvalue weighted by Gasteiger charge is 2.07. The fraction of sp³-hybridized carbons (Fsp3) is 0.185. The van der Waals surface area contributed by atoms with Gasteiger partial charge in [-0.1, -0.05) is 64.1 Å². The summed E-state index contributed by atoms with van der Waals surface area (Å²) in [6.45, 7) is 4.73. The van der Waals surface area contributed by atoms with Crippen molar-refractivity contribution in [3.63, 3.8) is 0 Å². The summed E-state index contributed by atoms with van der Waals surface area (Å²) < 4.78 is 21.8. The van der Waals surface area contributed by atoms with Crippen molar-refractivity contribution in [3.05, 3.63) is 112 Å². The number of rotatable bonds is 8. The van der Waals surface area contributed by atoms with Crippen LogP contribution >= 0.6 is 79.2 Å². The summed E-state index contributed by atoms with van der Waals surface area (Å²) in [5.41, 5.74) is 7.42. The lowest BCUT2D eigenvalue weighted by Gasteiger charge is -2.06. The van der Waals surface area contributed by atoms with Crippen molar-refractivity contribution in [1.29, 1.82) is 0 Å². The van der Waals surface area contributed by atoms with Crippen LogP contribution in [0, 0.1) is 0 Å². The predicted molar refractivity (Wildman–Crippen MR) is 189 cm³/mol. The van der Waals surface area contributed by atoms with Gasteiger partial charge in [-0.2, -0.15) is 5.10 Å². The molecule has 244 valence electrons. The monoisotopic (exact) mass is 780 g/mol. The largest absolute Gasteiger partial charge is 0.449 e. The lowest BCUT2D eigenvalue weighted by molar-refractivity contribution is 0.152. The van der Waals surface area contributed by atoms with Gasteiger partial charge in [0.2, 0.25) is 9.23 Å². The molecule has 5 aromatic rings. The molecule has 2 aromatic carbocycles. The van der Waals surface area contributed by atoms with Gasteiger partial charge in [-0.05, 0) is 77.3 Å². The summed E-state index contributed by atoms with van der Waals surface area (Å²) in [5, 5.41) is 9.92. The Morgan fingerprint density at radius 1 is 0.957 bits per heavy atom. The van der Waals surface area contributed by atoms with Crippen molar-refractivity contribution in [2.75, 3.05) is 6.61 Å². The molecule has 0 radical (unpaired) electrons. The Hall–Kier alpha value is -2.89. The Labute approximate surface area is 296 Å². The highest BCUT2D eigenvalue weighted by molar-refractivity contribution is 8.26. The van der Waals surface area contributed by atoms with Crippen LogP contribution in [-0.4, -0.2) is 40.1 Å². The Bertz CT molecular complexity index is 1900. The summed E-state index contributed by atoms with van der Waals surface area (Å²) in [7, 11) is 7.36. The normalized spacial score (nSPS) is 10.9. The van der Waals surface area contributed by atoms with Crippen LogP contribution in [0.15, 0.2) is 80.7 Å². The number of amides is 1. The van der Waals surface area contributed by atoms with Crippen LogP contribution < -0.4 is 16.5 Å². The highest BCUT2D eigenvalue weighted by Crippen LogP contribution is 2.20. The zero-order valence-corrected chi connectivity index (χ0v) is 30.2. The summed E-state index contributed by atoms with van der Waals surface area (Å²) in [5.74, 6) is 0. The molecule has 0 fully saturated rings. The fourth-order valence-corrected chi connectivity index (χ4v) is 6.21. The number of ether oxygens (including phenoxy) is 1. The van der Waals surface area contributed by atoms with E-state index in [1.54, 1.807) is 21.8 Å². The summed E-state index contributed by atoms with van der Waals surface area (Å²) in [6.07, 6.45) is -0.595. The van der Waals surface area contributed by atoms with Gasteiger partial charge in [-0.25, -0.2) is 14.4 Å². The molecule has 5 rings (SSSR count). The van der Waals surface area contributed by atoms with E-state index in [4.69, 9.17) is 32.1 Å². The van der Waals surface area contributed by atoms with E-state index in [2.05, 4.69) is 41.5 Å². The fourth-order valence-electron chi connectivity index (χ4n) is 3.61. The summed E-state index contributed by atoms with van der Waals surface area (Å²) >= 11 is 15.4. The van der Waals surface area contributed by atoms with Crippen LogP contribution in [0.4, 0.5) is 4.79 Å². The number of aromatic nitrogens is 4. The Morgan fingerprint density at radius 3 is 2.02 bits per heavy atom. The molecule has 46 heavy (non-hydrogen) atoms. The van der Waals surface area contributed by atoms with Gasteiger partial charge in [-0.3, -0.25) is 17.5 Å². The van der Waals surface area contributed by atoms with E-state index >= 15 is 0 Å². The molecule has 11 nitrogen and oxygen atoms in total. The van der Waals surface area contributed by atoms with Crippen LogP contribution in [-0.2, 0) is 27.1 Å². The second kappa shape index (κ2) is 19.1. The first-order chi connectivity index (χ1) is 21.9. The van der Waals surface area contributed by atoms with Gasteiger partial charge in [0, 0.05) is 44.4 Å². The minimum atomic E-state index is -1.67. The number of carbonyl (C=O) groups is 1. The Morgan fingerprint density at radius 2 is 1.52 bits per heavy atom. The van der Waals surface area contributed by atoms with Crippen LogP contribution in [0.2, 0.25) is 8.67 Å². The molecule has 0 bridgehead atoms. The number of nitrogens with one attached hydrogen (secondary N) is 1. The van der Waals surface area contributed by atoms with Crippen molar-refractivity contribution in [2.24, 2.45) is 5.10 Å². The molecule has 0 aliphatic rings. The maximum Gasteiger partial charge on any atom is 0.427 e. The van der Waals surface area contributed by atoms with Gasteiger partial charge in [-0.15, -0.1) is 5.10 Å². The number of hydrazone groups is 1. The predicted octanol–water partition coefficient (Wildman–Crippen LogP) is 7.25. The van der Waals surface area contributed by atoms with E-state index in [0.29, 0.717) is 27.5 Å². The van der Waals surface area contributed by atoms with E-state index in [0.717, 1.165) is 27.9 Å². The van der Waals surface area contributed by atoms with Gasteiger partial charge < -0.3 is 4.74 Å². The van der Waals surface area contributed by atoms with Crippen molar-refractivity contribution in [2.45, 2.75) is 26.9 Å². The first-order valence-electron chi connectivity index (χ1n) is 12.9. The minimum Gasteiger partial charge on any atom is -0.449 e. The molecule has 3 heterocycles. The molecule has 0 aliphatic heterocycles. The molecule has 19 heteroatoms. The number of benzene rings is 2. The van der Waals surface area contributed by atoms with Crippen LogP contribution in [0.3, 0.4) is 0 Å². The zero-order chi connectivity index (χ0) is 33.6. The lowest BCUT2D eigenvalue weighted by atomic mass is 10.1. The molecule has 0 spiro atoms. The van der Waals surface area contributed by atoms with Gasteiger partial charge in [0.1, 0.15) is 14.4 Å². The molecule has 1 N–H and O–H groups in total. The molecular weight excluding hydrogens is 758 g/mol. The molecular formula is C27H24Cl4N6O5S4. The summed E-state index contributed by atoms with van der Waals surface area (Å²) in [4.78, 5) is 34.6. The van der Waals surface area contributed by atoms with Gasteiger partial charge in [0.25, 0.3) is 11.1 Å². The highest BCUT2D eigenvalue weighted by atomic mass is 36.0. The number of hydrogen-bond donors (Lipinski definition) is 1. The first kappa shape index (κ1) is 37.6. The van der Waals surface area contributed by atoms with Crippen LogP contribution in [0.1, 0.15) is 30.5 Å². The molecule has 0 saturated heterocycles. The second-order valence-electron chi connectivity index (χ2n) is 8.73. The molecule has 0 aliphatic carbocycles. The third-order valence-corrected chi connectivity index (χ3v) is 8.31. The topological polar surface area (TPSA) is 138 Å². The second-order valence-corrected chi connectivity index (χ2v) is 15.3.